The third kappa shape index (κ3) is 14.3. The van der Waals surface area contributed by atoms with Gasteiger partial charge in [-0.2, -0.15) is 20.4 Å². The summed E-state index contributed by atoms with van der Waals surface area (Å²) in [5.41, 5.74) is 2.69. The van der Waals surface area contributed by atoms with Crippen molar-refractivity contribution >= 4 is 87.7 Å². The van der Waals surface area contributed by atoms with Crippen molar-refractivity contribution in [1.82, 2.24) is 116 Å². The Kier molecular flexibility index (Phi) is 16.1. The predicted molar refractivity (Wildman–Crippen MR) is 486 cm³/mol. The normalized spacial score (nSPS) is 14.9. The Hall–Kier alpha value is -16.8. The van der Waals surface area contributed by atoms with Crippen LogP contribution >= 0.6 is 0 Å². The molecule has 132 heavy (non-hydrogen) atoms. The number of aryl methyl sites for hydroxylation is 12. The van der Waals surface area contributed by atoms with Gasteiger partial charge in [0, 0.05) is 188 Å². The van der Waals surface area contributed by atoms with Crippen LogP contribution < -0.4 is 60.7 Å². The van der Waals surface area contributed by atoms with Crippen molar-refractivity contribution in [3.05, 3.63) is 236 Å². The fraction of sp³-hybridized carbons (Fsp3) is 0.217. The minimum atomic E-state index is -3.02. The monoisotopic (exact) mass is 1820 g/mol. The van der Waals surface area contributed by atoms with Crippen LogP contribution in [0.3, 0.4) is 0 Å². The van der Waals surface area contributed by atoms with Gasteiger partial charge in [-0.3, -0.25) is 95.1 Å². The number of ether oxygens (including phenoxy) is 8. The second kappa shape index (κ2) is 34.1. The van der Waals surface area contributed by atoms with E-state index in [0.29, 0.717) is 143 Å². The van der Waals surface area contributed by atoms with Gasteiger partial charge in [0.05, 0.1) is 236 Å². The first kappa shape index (κ1) is 62.3. The SMILES string of the molecule is [2H]C([2H])([2H])Oc1cncc(F)c1-n1c(=O)n(C([2H])([2H])[2H])c2cnc3cc(OC)c(-c4cn(C)nc4C)cc3c21.[2H]C([2H])([2H])Oc1cncc(F)c1-n1c(=O)n(C([2H])([2H])[2H])c2cnc3cc(OC)c(-c4cn(C)nc4C)cc3c21.[2H]C([2H])([2H])Oc1cncc(F)c1-n1c(=O)n(C)c2cnc3cc(OC)c(-c4cn(C([2H])([2H])[2H])nc4C)cc3c21.[2H]C([2H])([2H])Oc1cncc(F)c1-n1c(=O)n(C)c2cnc3cc(OC)c(-c4cn(C([2H])([2H])[2H])nc4C)cc3c21. The molecule has 0 saturated heterocycles. The van der Waals surface area contributed by atoms with E-state index in [9.17, 15) is 19.2 Å². The molecule has 20 rings (SSSR count). The van der Waals surface area contributed by atoms with E-state index in [2.05, 4.69) is 60.3 Å². The second-order valence-corrected chi connectivity index (χ2v) is 29.5. The minimum absolute atomic E-state index is 0.0351. The molecule has 0 aliphatic heterocycles. The molecule has 0 radical (unpaired) electrons. The largest absolute Gasteiger partial charge is 0.496 e. The number of pyridine rings is 8. The van der Waals surface area contributed by atoms with E-state index in [0.717, 1.165) is 77.2 Å². The molecular formula is C92H84F4N24O12. The highest BCUT2D eigenvalue weighted by molar-refractivity contribution is 6.10. The lowest BCUT2D eigenvalue weighted by Crippen LogP contribution is -2.22. The number of halogens is 4. The first-order chi connectivity index (χ1) is 72.8. The number of imidazole rings is 4. The zero-order chi connectivity index (χ0) is 114. The van der Waals surface area contributed by atoms with Crippen LogP contribution in [0, 0.1) is 51.0 Å². The van der Waals surface area contributed by atoms with Crippen LogP contribution in [0.5, 0.6) is 46.0 Å². The van der Waals surface area contributed by atoms with E-state index >= 15 is 17.6 Å². The lowest BCUT2D eigenvalue weighted by atomic mass is 10.0. The van der Waals surface area contributed by atoms with Crippen molar-refractivity contribution in [3.8, 4) is 113 Å². The molecule has 0 aliphatic rings. The molecule has 36 nitrogen and oxygen atoms in total. The fourth-order valence-corrected chi connectivity index (χ4v) is 16.2. The van der Waals surface area contributed by atoms with Gasteiger partial charge >= 0.3 is 22.8 Å². The van der Waals surface area contributed by atoms with E-state index in [1.165, 1.54) is 88.8 Å². The summed E-state index contributed by atoms with van der Waals surface area (Å²) in [7, 11) is 0.336. The van der Waals surface area contributed by atoms with Crippen LogP contribution in [0.4, 0.5) is 17.6 Å². The van der Waals surface area contributed by atoms with Gasteiger partial charge in [0.25, 0.3) is 0 Å². The summed E-state index contributed by atoms with van der Waals surface area (Å²) in [6.07, 6.45) is 18.6. The Morgan fingerprint density at radius 1 is 0.280 bits per heavy atom. The number of benzene rings is 4. The lowest BCUT2D eigenvalue weighted by Gasteiger charge is -2.13. The quantitative estimate of drug-likeness (QED) is 0.0811. The van der Waals surface area contributed by atoms with Gasteiger partial charge in [-0.1, -0.05) is 0 Å². The van der Waals surface area contributed by atoms with Crippen molar-refractivity contribution < 1.29 is 88.4 Å². The van der Waals surface area contributed by atoms with E-state index in [-0.39, 0.29) is 43.9 Å². The summed E-state index contributed by atoms with van der Waals surface area (Å²) in [6.45, 7) is -4.13. The van der Waals surface area contributed by atoms with Crippen molar-refractivity contribution in [3.63, 3.8) is 0 Å². The third-order valence-electron chi connectivity index (χ3n) is 22.1. The van der Waals surface area contributed by atoms with Crippen molar-refractivity contribution in [2.45, 2.75) is 27.7 Å². The van der Waals surface area contributed by atoms with Crippen LogP contribution in [0.15, 0.2) is 167 Å². The molecule has 16 aromatic heterocycles. The summed E-state index contributed by atoms with van der Waals surface area (Å²) in [5, 5.41) is 18.2. The first-order valence-corrected chi connectivity index (χ1v) is 38.8. The molecule has 0 N–H and O–H groups in total. The summed E-state index contributed by atoms with van der Waals surface area (Å²) >= 11 is 0. The molecule has 0 unspecified atom stereocenters. The Morgan fingerprint density at radius 3 is 0.727 bits per heavy atom. The van der Waals surface area contributed by atoms with Crippen LogP contribution in [-0.4, -0.2) is 172 Å². The lowest BCUT2D eigenvalue weighted by molar-refractivity contribution is 0.406. The van der Waals surface area contributed by atoms with Gasteiger partial charge in [0.1, 0.15) is 45.7 Å². The maximum atomic E-state index is 15.4. The highest BCUT2D eigenvalue weighted by Gasteiger charge is 2.31. The van der Waals surface area contributed by atoms with Gasteiger partial charge in [0.15, 0.2) is 46.3 Å². The molecule has 16 heterocycles. The van der Waals surface area contributed by atoms with Gasteiger partial charge in [0.2, 0.25) is 0 Å². The number of fused-ring (bicyclic) bond motifs is 12. The molecular weight excluding hydrogens is 1710 g/mol. The summed E-state index contributed by atoms with van der Waals surface area (Å²) in [6, 6.07) is 12.9. The molecule has 0 fully saturated rings. The van der Waals surface area contributed by atoms with Crippen LogP contribution in [0.1, 0.15) is 55.7 Å². The standard InChI is InChI=1S/4C23H21FN6O3/c4*1-12-15(11-28(2)27-12)13-6-14-17(7-19(13)32-4)26-9-18-21(14)30(23(31)29(18)3)22-16(24)8-25-10-20(22)33-5/h4*6-11H,1-5H3/i2*3D3,5D3;2*2D3,5D3. The maximum absolute atomic E-state index is 15.4. The zero-order valence-electron chi connectivity index (χ0n) is 95.0. The van der Waals surface area contributed by atoms with E-state index in [4.69, 9.17) is 70.8 Å². The van der Waals surface area contributed by atoms with Crippen molar-refractivity contribution in [1.29, 1.82) is 0 Å². The van der Waals surface area contributed by atoms with E-state index < -0.39 is 148 Å². The molecule has 0 saturated carbocycles. The Morgan fingerprint density at radius 2 is 0.515 bits per heavy atom. The first-order valence-electron chi connectivity index (χ1n) is 50.8. The Labute approximate surface area is 778 Å². The molecule has 20 aromatic rings. The number of rotatable bonds is 16. The molecule has 0 atom stereocenters. The van der Waals surface area contributed by atoms with Gasteiger partial charge in [-0.25, -0.2) is 36.7 Å². The predicted octanol–water partition coefficient (Wildman–Crippen LogP) is 12.6. The summed E-state index contributed by atoms with van der Waals surface area (Å²) in [5.74, 6) is -4.70. The Balaban J connectivity index is 0.000000140. The average molecular weight is 1820 g/mol. The number of nitrogens with zero attached hydrogens (tertiary/aromatic N) is 24. The average Bonchev–Trinajstić information content (AvgIpc) is 1.57. The van der Waals surface area contributed by atoms with Crippen LogP contribution in [0.2, 0.25) is 0 Å². The van der Waals surface area contributed by atoms with Gasteiger partial charge < -0.3 is 37.9 Å². The Bertz CT molecular complexity index is 8880. The fourth-order valence-electron chi connectivity index (χ4n) is 16.2. The van der Waals surface area contributed by atoms with Crippen molar-refractivity contribution in [2.24, 2.45) is 56.1 Å². The summed E-state index contributed by atoms with van der Waals surface area (Å²) in [4.78, 5) is 86.6. The zero-order valence-corrected chi connectivity index (χ0v) is 71.0. The minimum Gasteiger partial charge on any atom is -0.496 e. The van der Waals surface area contributed by atoms with E-state index in [1.807, 2.05) is 0 Å². The number of hydrogen-bond donors (Lipinski definition) is 0. The van der Waals surface area contributed by atoms with Gasteiger partial charge in [-0.15, -0.1) is 0 Å². The molecule has 0 bridgehead atoms. The third-order valence-corrected chi connectivity index (χ3v) is 22.1. The molecule has 672 valence electrons. The number of hydrogen-bond acceptors (Lipinski definition) is 24. The van der Waals surface area contributed by atoms with Crippen molar-refractivity contribution in [2.75, 3.05) is 56.6 Å². The van der Waals surface area contributed by atoms with E-state index in [1.54, 1.807) is 112 Å². The molecule has 40 heteroatoms. The van der Waals surface area contributed by atoms with Crippen LogP contribution in [0.25, 0.3) is 155 Å². The summed E-state index contributed by atoms with van der Waals surface area (Å²) < 4.78 is 299. The smallest absolute Gasteiger partial charge is 0.333 e. The molecule has 0 amide bonds. The molecule has 4 aromatic carbocycles. The highest BCUT2D eigenvalue weighted by atomic mass is 19.1. The second-order valence-electron chi connectivity index (χ2n) is 29.5. The van der Waals surface area contributed by atoms with Gasteiger partial charge in [-0.05, 0) is 52.0 Å². The highest BCUT2D eigenvalue weighted by Crippen LogP contribution is 2.45. The number of aromatic nitrogens is 24. The topological polar surface area (TPSA) is 356 Å². The maximum Gasteiger partial charge on any atom is 0.333 e. The number of methoxy groups -OCH3 is 8. The molecule has 0 spiro atoms. The van der Waals surface area contributed by atoms with Crippen LogP contribution in [-0.2, 0) is 56.1 Å². The molecule has 0 aliphatic carbocycles.